The molecule has 0 spiro atoms. The molecule has 196 valence electrons. The average molecular weight is 514 g/mol. The molecule has 0 aliphatic carbocycles. The van der Waals surface area contributed by atoms with E-state index in [0.717, 1.165) is 35.2 Å². The van der Waals surface area contributed by atoms with Gasteiger partial charge in [0, 0.05) is 12.5 Å². The number of aryl methyl sites for hydroxylation is 1. The number of hydrogen-bond acceptors (Lipinski definition) is 4. The van der Waals surface area contributed by atoms with Crippen LogP contribution in [0.5, 0.6) is 0 Å². The Bertz CT molecular complexity index is 1450. The fourth-order valence-electron chi connectivity index (χ4n) is 4.71. The first-order chi connectivity index (χ1) is 18.4. The lowest BCUT2D eigenvalue weighted by atomic mass is 9.99. The number of fused-ring (bicyclic) bond motifs is 1. The lowest BCUT2D eigenvalue weighted by Crippen LogP contribution is -2.39. The first-order valence-corrected chi connectivity index (χ1v) is 12.7. The highest BCUT2D eigenvalue weighted by molar-refractivity contribution is 6.04. The van der Waals surface area contributed by atoms with Crippen molar-refractivity contribution in [2.24, 2.45) is 0 Å². The molecule has 0 saturated carbocycles. The minimum absolute atomic E-state index is 0.210. The maximum Gasteiger partial charge on any atom is 0.336 e. The summed E-state index contributed by atoms with van der Waals surface area (Å²) in [6, 6.07) is 19.5. The zero-order valence-electron chi connectivity index (χ0n) is 21.3. The zero-order chi connectivity index (χ0) is 27.1. The number of rotatable bonds is 12. The van der Waals surface area contributed by atoms with Crippen LogP contribution in [0.2, 0.25) is 0 Å². The van der Waals surface area contributed by atoms with E-state index in [4.69, 9.17) is 0 Å². The number of benzene rings is 3. The number of aliphatic carboxylic acids is 1. The number of unbranched alkanes of at least 4 members (excludes halogenated alkanes) is 1. The van der Waals surface area contributed by atoms with Gasteiger partial charge in [-0.15, -0.1) is 0 Å². The van der Waals surface area contributed by atoms with Gasteiger partial charge in [0.1, 0.15) is 11.5 Å². The van der Waals surface area contributed by atoms with Crippen molar-refractivity contribution in [1.82, 2.24) is 14.9 Å². The van der Waals surface area contributed by atoms with Gasteiger partial charge in [0.05, 0.1) is 24.7 Å². The highest BCUT2D eigenvalue weighted by Gasteiger charge is 2.22. The van der Waals surface area contributed by atoms with Crippen molar-refractivity contribution >= 4 is 28.6 Å². The fourth-order valence-corrected chi connectivity index (χ4v) is 4.71. The Balaban J connectivity index is 1.67. The molecule has 0 aliphatic heterocycles. The molecule has 1 amide bonds. The number of aromatic nitrogens is 2. The van der Waals surface area contributed by atoms with E-state index >= 15 is 0 Å². The molecule has 8 nitrogen and oxygen atoms in total. The largest absolute Gasteiger partial charge is 0.481 e. The first kappa shape index (κ1) is 26.6. The number of hydrogen-bond donors (Lipinski definition) is 3. The summed E-state index contributed by atoms with van der Waals surface area (Å²) >= 11 is 0. The van der Waals surface area contributed by atoms with Crippen LogP contribution in [0.3, 0.4) is 0 Å². The number of nitrogens with one attached hydrogen (secondary N) is 1. The van der Waals surface area contributed by atoms with Gasteiger partial charge in [-0.3, -0.25) is 9.59 Å². The van der Waals surface area contributed by atoms with Gasteiger partial charge in [-0.2, -0.15) is 0 Å². The van der Waals surface area contributed by atoms with E-state index in [1.807, 2.05) is 47.0 Å². The number of carboxylic acid groups (broad SMARTS) is 2. The molecule has 4 rings (SSSR count). The summed E-state index contributed by atoms with van der Waals surface area (Å²) in [6.07, 6.45) is 4.25. The van der Waals surface area contributed by atoms with Crippen molar-refractivity contribution in [2.45, 2.75) is 51.6 Å². The third-order valence-corrected chi connectivity index (χ3v) is 6.58. The molecule has 3 aromatic carbocycles. The van der Waals surface area contributed by atoms with Crippen LogP contribution in [0, 0.1) is 0 Å². The molecule has 8 heteroatoms. The Hall–Kier alpha value is -4.46. The molecule has 1 heterocycles. The third-order valence-electron chi connectivity index (χ3n) is 6.58. The summed E-state index contributed by atoms with van der Waals surface area (Å²) in [4.78, 5) is 41.3. The monoisotopic (exact) mass is 513 g/mol. The molecule has 0 saturated heterocycles. The smallest absolute Gasteiger partial charge is 0.336 e. The first-order valence-electron chi connectivity index (χ1n) is 12.7. The second-order valence-electron chi connectivity index (χ2n) is 9.33. The fraction of sp³-hybridized carbons (Fsp3) is 0.267. The number of carbonyl (C=O) groups is 3. The minimum atomic E-state index is -0.998. The topological polar surface area (TPSA) is 122 Å². The van der Waals surface area contributed by atoms with Crippen LogP contribution in [0.4, 0.5) is 0 Å². The molecule has 1 atom stereocenters. The Morgan fingerprint density at radius 2 is 1.66 bits per heavy atom. The van der Waals surface area contributed by atoms with Gasteiger partial charge in [-0.05, 0) is 40.8 Å². The van der Waals surface area contributed by atoms with Gasteiger partial charge >= 0.3 is 11.9 Å². The van der Waals surface area contributed by atoms with E-state index in [2.05, 4.69) is 17.2 Å². The van der Waals surface area contributed by atoms with Crippen molar-refractivity contribution in [3.05, 3.63) is 101 Å². The van der Waals surface area contributed by atoms with Crippen molar-refractivity contribution < 1.29 is 24.6 Å². The Morgan fingerprint density at radius 3 is 2.34 bits per heavy atom. The summed E-state index contributed by atoms with van der Waals surface area (Å²) in [7, 11) is 0. The number of carboxylic acids is 2. The van der Waals surface area contributed by atoms with E-state index < -0.39 is 23.9 Å². The van der Waals surface area contributed by atoms with E-state index in [9.17, 15) is 24.6 Å². The van der Waals surface area contributed by atoms with E-state index in [-0.39, 0.29) is 12.0 Å². The van der Waals surface area contributed by atoms with Crippen LogP contribution in [-0.4, -0.2) is 43.7 Å². The molecule has 0 aliphatic rings. The van der Waals surface area contributed by atoms with Gasteiger partial charge in [0.2, 0.25) is 0 Å². The van der Waals surface area contributed by atoms with Crippen molar-refractivity contribution in [3.63, 3.8) is 0 Å². The molecule has 0 radical (unpaired) electrons. The number of imidazole rings is 1. The normalized spacial score (nSPS) is 11.8. The predicted octanol–water partition coefficient (Wildman–Crippen LogP) is 4.94. The standard InChI is InChI=1S/C30H31N3O5/c1-2-3-13-27-31-18-26(29(36)32-22(17-28(34)35)16-20-9-5-4-6-10-20)33(27)19-21-14-15-25(30(37)38)24-12-8-7-11-23(21)24/h4-12,14-15,18,22H,2-3,13,16-17,19H2,1H3,(H,32,36)(H,34,35)(H,37,38)/t22-/m1/s1. The number of amides is 1. The highest BCUT2D eigenvalue weighted by atomic mass is 16.4. The summed E-state index contributed by atoms with van der Waals surface area (Å²) in [5, 5.41) is 23.4. The van der Waals surface area contributed by atoms with E-state index in [1.165, 1.54) is 6.20 Å². The second-order valence-corrected chi connectivity index (χ2v) is 9.33. The molecule has 0 fully saturated rings. The maximum atomic E-state index is 13.5. The molecule has 4 aromatic rings. The second kappa shape index (κ2) is 12.2. The van der Waals surface area contributed by atoms with Gasteiger partial charge in [0.15, 0.2) is 0 Å². The van der Waals surface area contributed by atoms with Gasteiger partial charge in [0.25, 0.3) is 5.91 Å². The van der Waals surface area contributed by atoms with Crippen molar-refractivity contribution in [3.8, 4) is 0 Å². The molecule has 1 aromatic heterocycles. The summed E-state index contributed by atoms with van der Waals surface area (Å²) in [5.41, 5.74) is 2.35. The van der Waals surface area contributed by atoms with Gasteiger partial charge < -0.3 is 20.1 Å². The summed E-state index contributed by atoms with van der Waals surface area (Å²) in [5.74, 6) is -1.63. The number of aromatic carboxylic acids is 1. The Kier molecular flexibility index (Phi) is 8.53. The lowest BCUT2D eigenvalue weighted by molar-refractivity contribution is -0.137. The summed E-state index contributed by atoms with van der Waals surface area (Å²) in [6.45, 7) is 2.41. The highest BCUT2D eigenvalue weighted by Crippen LogP contribution is 2.25. The SMILES string of the molecule is CCCCc1ncc(C(=O)N[C@@H](CC(=O)O)Cc2ccccc2)n1Cc1ccc(C(=O)O)c2ccccc12. The lowest BCUT2D eigenvalue weighted by Gasteiger charge is -2.19. The predicted molar refractivity (Wildman–Crippen MR) is 145 cm³/mol. The zero-order valence-corrected chi connectivity index (χ0v) is 21.3. The molecule has 38 heavy (non-hydrogen) atoms. The van der Waals surface area contributed by atoms with Crippen molar-refractivity contribution in [2.75, 3.05) is 0 Å². The van der Waals surface area contributed by atoms with Gasteiger partial charge in [-0.25, -0.2) is 9.78 Å². The maximum absolute atomic E-state index is 13.5. The van der Waals surface area contributed by atoms with Crippen LogP contribution in [0.25, 0.3) is 10.8 Å². The molecule has 3 N–H and O–H groups in total. The van der Waals surface area contributed by atoms with Crippen LogP contribution >= 0.6 is 0 Å². The van der Waals surface area contributed by atoms with Crippen LogP contribution in [-0.2, 0) is 24.2 Å². The quantitative estimate of drug-likeness (QED) is 0.247. The van der Waals surface area contributed by atoms with E-state index in [0.29, 0.717) is 30.5 Å². The van der Waals surface area contributed by atoms with Crippen LogP contribution in [0.15, 0.2) is 72.9 Å². The molecular weight excluding hydrogens is 482 g/mol. The van der Waals surface area contributed by atoms with Crippen LogP contribution < -0.4 is 5.32 Å². The van der Waals surface area contributed by atoms with Gasteiger partial charge in [-0.1, -0.05) is 74.0 Å². The molecule has 0 unspecified atom stereocenters. The third kappa shape index (κ3) is 6.26. The molecular formula is C30H31N3O5. The van der Waals surface area contributed by atoms with Crippen LogP contribution in [0.1, 0.15) is 64.0 Å². The van der Waals surface area contributed by atoms with Crippen molar-refractivity contribution in [1.29, 1.82) is 0 Å². The Labute approximate surface area is 221 Å². The summed E-state index contributed by atoms with van der Waals surface area (Å²) < 4.78 is 1.85. The molecule has 0 bridgehead atoms. The Morgan fingerprint density at radius 1 is 0.947 bits per heavy atom. The average Bonchev–Trinajstić information content (AvgIpc) is 3.30. The number of carbonyl (C=O) groups excluding carboxylic acids is 1. The minimum Gasteiger partial charge on any atom is -0.481 e. The van der Waals surface area contributed by atoms with E-state index in [1.54, 1.807) is 24.3 Å². The number of nitrogens with zero attached hydrogens (tertiary/aromatic N) is 2.